The molecule has 1 radical (unpaired) electrons. The van der Waals surface area contributed by atoms with Crippen molar-refractivity contribution in [2.45, 2.75) is 6.29 Å². The number of ether oxygens (including phenoxy) is 2. The van der Waals surface area contributed by atoms with Gasteiger partial charge < -0.3 is 14.6 Å². The molecule has 0 aliphatic carbocycles. The molecule has 0 bridgehead atoms. The van der Waals surface area contributed by atoms with Crippen LogP contribution in [0.25, 0.3) is 0 Å². The van der Waals surface area contributed by atoms with Gasteiger partial charge in [-0.2, -0.15) is 0 Å². The molecule has 0 saturated heterocycles. The zero-order valence-corrected chi connectivity index (χ0v) is 7.75. The Bertz CT molecular complexity index is 80.6. The molecule has 0 rings (SSSR count). The van der Waals surface area contributed by atoms with Gasteiger partial charge in [0.1, 0.15) is 0 Å². The second-order valence-corrected chi connectivity index (χ2v) is 1.14. The molecular formula is C4H8NaO4. The van der Waals surface area contributed by atoms with Crippen LogP contribution < -0.4 is 0 Å². The van der Waals surface area contributed by atoms with Crippen LogP contribution >= 0.6 is 0 Å². The molecule has 0 aromatic heterocycles. The minimum Gasteiger partial charge on any atom is -0.477 e. The fourth-order valence-corrected chi connectivity index (χ4v) is 0.298. The van der Waals surface area contributed by atoms with Crippen LogP contribution in [-0.2, 0) is 14.3 Å². The average Bonchev–Trinajstić information content (AvgIpc) is 1.69. The van der Waals surface area contributed by atoms with E-state index in [1.54, 1.807) is 0 Å². The molecule has 5 heteroatoms. The van der Waals surface area contributed by atoms with Gasteiger partial charge in [-0.05, 0) is 0 Å². The number of carboxylic acids is 1. The Morgan fingerprint density at radius 2 is 1.78 bits per heavy atom. The summed E-state index contributed by atoms with van der Waals surface area (Å²) in [6, 6.07) is 0. The second kappa shape index (κ2) is 6.51. The topological polar surface area (TPSA) is 55.8 Å². The Morgan fingerprint density at radius 3 is 1.78 bits per heavy atom. The van der Waals surface area contributed by atoms with Crippen LogP contribution in [0.1, 0.15) is 0 Å². The predicted molar refractivity (Wildman–Crippen MR) is 31.2 cm³/mol. The summed E-state index contributed by atoms with van der Waals surface area (Å²) < 4.78 is 8.68. The van der Waals surface area contributed by atoms with Gasteiger partial charge in [0.25, 0.3) is 6.29 Å². The van der Waals surface area contributed by atoms with Gasteiger partial charge in [0, 0.05) is 43.8 Å². The smallest absolute Gasteiger partial charge is 0.361 e. The van der Waals surface area contributed by atoms with Crippen LogP contribution in [-0.4, -0.2) is 61.1 Å². The molecule has 4 nitrogen and oxygen atoms in total. The molecule has 0 aliphatic heterocycles. The quantitative estimate of drug-likeness (QED) is 0.419. The fourth-order valence-electron chi connectivity index (χ4n) is 0.298. The number of methoxy groups -OCH3 is 2. The Balaban J connectivity index is 0. The zero-order valence-electron chi connectivity index (χ0n) is 5.75. The molecule has 0 atom stereocenters. The van der Waals surface area contributed by atoms with Crippen LogP contribution in [0.15, 0.2) is 0 Å². The van der Waals surface area contributed by atoms with E-state index in [0.717, 1.165) is 0 Å². The van der Waals surface area contributed by atoms with Gasteiger partial charge in [-0.3, -0.25) is 0 Å². The molecule has 9 heavy (non-hydrogen) atoms. The number of hydrogen-bond donors (Lipinski definition) is 1. The molecule has 0 aliphatic rings. The van der Waals surface area contributed by atoms with E-state index >= 15 is 0 Å². The number of carboxylic acid groups (broad SMARTS) is 1. The van der Waals surface area contributed by atoms with E-state index < -0.39 is 12.3 Å². The Labute approximate surface area is 75.4 Å². The minimum absolute atomic E-state index is 0. The molecule has 0 saturated carbocycles. The largest absolute Gasteiger partial charge is 0.477 e. The summed E-state index contributed by atoms with van der Waals surface area (Å²) >= 11 is 0. The van der Waals surface area contributed by atoms with Gasteiger partial charge in [0.2, 0.25) is 0 Å². The van der Waals surface area contributed by atoms with Gasteiger partial charge in [-0.15, -0.1) is 0 Å². The van der Waals surface area contributed by atoms with E-state index in [1.807, 2.05) is 0 Å². The van der Waals surface area contributed by atoms with Crippen LogP contribution in [0, 0.1) is 0 Å². The van der Waals surface area contributed by atoms with Crippen molar-refractivity contribution in [3.8, 4) is 0 Å². The minimum atomic E-state index is -1.13. The monoisotopic (exact) mass is 143 g/mol. The van der Waals surface area contributed by atoms with Crippen LogP contribution in [0.2, 0.25) is 0 Å². The van der Waals surface area contributed by atoms with E-state index in [0.29, 0.717) is 0 Å². The van der Waals surface area contributed by atoms with E-state index in [-0.39, 0.29) is 29.6 Å². The molecule has 0 fully saturated rings. The second-order valence-electron chi connectivity index (χ2n) is 1.14. The number of aliphatic carboxylic acids is 1. The van der Waals surface area contributed by atoms with Crippen molar-refractivity contribution in [1.82, 2.24) is 0 Å². The first-order valence-corrected chi connectivity index (χ1v) is 2.00. The van der Waals surface area contributed by atoms with E-state index in [4.69, 9.17) is 5.11 Å². The van der Waals surface area contributed by atoms with Crippen molar-refractivity contribution in [3.63, 3.8) is 0 Å². The SMILES string of the molecule is COC(OC)C(=O)O.[Na]. The van der Waals surface area contributed by atoms with Gasteiger partial charge in [-0.25, -0.2) is 4.79 Å². The Hall–Kier alpha value is 0.390. The number of rotatable bonds is 3. The van der Waals surface area contributed by atoms with Crippen molar-refractivity contribution < 1.29 is 19.4 Å². The number of hydrogen-bond acceptors (Lipinski definition) is 3. The summed E-state index contributed by atoms with van der Waals surface area (Å²) in [5.41, 5.74) is 0. The van der Waals surface area contributed by atoms with E-state index in [2.05, 4.69) is 9.47 Å². The maximum Gasteiger partial charge on any atom is 0.361 e. The Kier molecular flexibility index (Phi) is 8.75. The predicted octanol–water partition coefficient (Wildman–Crippen LogP) is -0.691. The van der Waals surface area contributed by atoms with Crippen molar-refractivity contribution >= 4 is 35.5 Å². The van der Waals surface area contributed by atoms with Crippen molar-refractivity contribution in [2.24, 2.45) is 0 Å². The van der Waals surface area contributed by atoms with Gasteiger partial charge in [0.15, 0.2) is 0 Å². The summed E-state index contributed by atoms with van der Waals surface area (Å²) in [6.45, 7) is 0. The normalized spacial score (nSPS) is 8.78. The molecule has 0 aromatic carbocycles. The first-order chi connectivity index (χ1) is 3.72. The van der Waals surface area contributed by atoms with Gasteiger partial charge >= 0.3 is 5.97 Å². The van der Waals surface area contributed by atoms with Crippen LogP contribution in [0.5, 0.6) is 0 Å². The average molecular weight is 143 g/mol. The molecule has 49 valence electrons. The molecule has 0 spiro atoms. The van der Waals surface area contributed by atoms with Crippen molar-refractivity contribution in [3.05, 3.63) is 0 Å². The maximum atomic E-state index is 9.91. The molecular weight excluding hydrogens is 135 g/mol. The van der Waals surface area contributed by atoms with Crippen molar-refractivity contribution in [2.75, 3.05) is 14.2 Å². The van der Waals surface area contributed by atoms with Gasteiger partial charge in [0.05, 0.1) is 0 Å². The first kappa shape index (κ1) is 12.1. The Morgan fingerprint density at radius 1 is 1.44 bits per heavy atom. The van der Waals surface area contributed by atoms with E-state index in [1.165, 1.54) is 14.2 Å². The summed E-state index contributed by atoms with van der Waals surface area (Å²) in [5.74, 6) is -1.12. The first-order valence-electron chi connectivity index (χ1n) is 2.00. The third kappa shape index (κ3) is 4.87. The van der Waals surface area contributed by atoms with Crippen LogP contribution in [0.4, 0.5) is 0 Å². The fraction of sp³-hybridized carbons (Fsp3) is 0.750. The number of carbonyl (C=O) groups is 1. The standard InChI is InChI=1S/C4H8O4.Na/c1-7-4(8-2)3(5)6;/h4H,1-2H3,(H,5,6);. The molecule has 0 heterocycles. The van der Waals surface area contributed by atoms with E-state index in [9.17, 15) is 4.79 Å². The van der Waals surface area contributed by atoms with Gasteiger partial charge in [-0.1, -0.05) is 0 Å². The molecule has 0 unspecified atom stereocenters. The molecule has 0 aromatic rings. The maximum absolute atomic E-state index is 9.91. The summed E-state index contributed by atoms with van der Waals surface area (Å²) in [5, 5.41) is 8.12. The summed E-state index contributed by atoms with van der Waals surface area (Å²) in [4.78, 5) is 9.91. The summed E-state index contributed by atoms with van der Waals surface area (Å²) in [7, 11) is 2.53. The summed E-state index contributed by atoms with van der Waals surface area (Å²) in [6.07, 6.45) is -1.13. The third-order valence-corrected chi connectivity index (χ3v) is 0.630. The molecule has 1 N–H and O–H groups in total. The zero-order chi connectivity index (χ0) is 6.57. The van der Waals surface area contributed by atoms with Crippen LogP contribution in [0.3, 0.4) is 0 Å². The van der Waals surface area contributed by atoms with Crippen molar-refractivity contribution in [1.29, 1.82) is 0 Å². The molecule has 0 amide bonds. The third-order valence-electron chi connectivity index (χ3n) is 0.630.